The molecule has 1 aliphatic carbocycles. The third-order valence-corrected chi connectivity index (χ3v) is 2.79. The number of rotatable bonds is 2. The van der Waals surface area contributed by atoms with Crippen LogP contribution in [0.25, 0.3) is 17.4 Å². The van der Waals surface area contributed by atoms with Crippen molar-refractivity contribution in [1.82, 2.24) is 19.5 Å². The van der Waals surface area contributed by atoms with E-state index in [0.717, 1.165) is 12.0 Å². The molecule has 17 heavy (non-hydrogen) atoms. The molecule has 3 rings (SSSR count). The number of imidazole rings is 1. The van der Waals surface area contributed by atoms with Crippen LogP contribution in [-0.4, -0.2) is 31.2 Å². The summed E-state index contributed by atoms with van der Waals surface area (Å²) in [6, 6.07) is 0. The van der Waals surface area contributed by atoms with Gasteiger partial charge in [-0.3, -0.25) is 4.57 Å². The number of aliphatic hydroxyl groups is 1. The molecule has 0 aromatic carbocycles. The zero-order valence-electron chi connectivity index (χ0n) is 8.84. The van der Waals surface area contributed by atoms with Gasteiger partial charge in [-0.1, -0.05) is 0 Å². The molecule has 1 saturated carbocycles. The second-order valence-corrected chi connectivity index (χ2v) is 3.99. The third-order valence-electron chi connectivity index (χ3n) is 2.79. The van der Waals surface area contributed by atoms with Crippen molar-refractivity contribution in [3.63, 3.8) is 0 Å². The van der Waals surface area contributed by atoms with E-state index in [1.165, 1.54) is 6.33 Å². The van der Waals surface area contributed by atoms with Crippen LogP contribution in [0.2, 0.25) is 0 Å². The van der Waals surface area contributed by atoms with Gasteiger partial charge in [-0.2, -0.15) is 14.4 Å². The summed E-state index contributed by atoms with van der Waals surface area (Å²) in [5.41, 5.74) is 7.35. The molecule has 2 heterocycles. The summed E-state index contributed by atoms with van der Waals surface area (Å²) in [7, 11) is 0. The average molecular weight is 235 g/mol. The van der Waals surface area contributed by atoms with Crippen LogP contribution < -0.4 is 5.73 Å². The molecule has 7 heteroatoms. The topological polar surface area (TPSA) is 89.9 Å². The molecule has 1 fully saturated rings. The first-order valence-corrected chi connectivity index (χ1v) is 5.16. The summed E-state index contributed by atoms with van der Waals surface area (Å²) >= 11 is 0. The molecule has 2 aromatic rings. The number of nitrogens with two attached hydrogens (primary N) is 1. The Kier molecular flexibility index (Phi) is 2.08. The van der Waals surface area contributed by atoms with Crippen LogP contribution in [0.5, 0.6) is 0 Å². The fourth-order valence-electron chi connectivity index (χ4n) is 1.75. The number of fused-ring (bicyclic) bond motifs is 1. The second kappa shape index (κ2) is 3.49. The van der Waals surface area contributed by atoms with Crippen LogP contribution in [0.15, 0.2) is 11.9 Å². The Morgan fingerprint density at radius 2 is 2.41 bits per heavy atom. The Hall–Kier alpha value is -2.02. The number of aromatic nitrogens is 4. The Morgan fingerprint density at radius 1 is 1.59 bits per heavy atom. The lowest BCUT2D eigenvalue weighted by Gasteiger charge is -1.96. The normalized spacial score (nSPS) is 21.3. The highest BCUT2D eigenvalue weighted by Gasteiger charge is 2.28. The molecule has 88 valence electrons. The summed E-state index contributed by atoms with van der Waals surface area (Å²) < 4.78 is 14.6. The molecule has 0 radical (unpaired) electrons. The minimum absolute atomic E-state index is 0.0270. The van der Waals surface area contributed by atoms with Gasteiger partial charge < -0.3 is 10.8 Å². The minimum atomic E-state index is -0.871. The van der Waals surface area contributed by atoms with E-state index in [1.807, 2.05) is 0 Å². The fourth-order valence-corrected chi connectivity index (χ4v) is 1.75. The first-order chi connectivity index (χ1) is 8.19. The molecule has 6 nitrogen and oxygen atoms in total. The van der Waals surface area contributed by atoms with E-state index in [2.05, 4.69) is 15.0 Å². The number of halogens is 1. The fraction of sp³-hybridized carbons (Fsp3) is 0.300. The monoisotopic (exact) mass is 235 g/mol. The Bertz CT molecular complexity index is 620. The molecule has 1 atom stereocenters. The zero-order valence-corrected chi connectivity index (χ0v) is 8.84. The minimum Gasteiger partial charge on any atom is -0.396 e. The lowest BCUT2D eigenvalue weighted by molar-refractivity contribution is 0.281. The maximum absolute atomic E-state index is 13.0. The SMILES string of the molecule is Nc1nc(F)nc2c1ncn2C=C1CC1CO. The number of hydrogen-bond acceptors (Lipinski definition) is 5. The Morgan fingerprint density at radius 3 is 3.12 bits per heavy atom. The first kappa shape index (κ1) is 10.2. The largest absolute Gasteiger partial charge is 0.396 e. The number of nitrogens with zero attached hydrogens (tertiary/aromatic N) is 4. The van der Waals surface area contributed by atoms with Gasteiger partial charge in [-0.15, -0.1) is 0 Å². The highest BCUT2D eigenvalue weighted by molar-refractivity contribution is 5.82. The predicted octanol–water partition coefficient (Wildman–Crippen LogP) is 0.401. The van der Waals surface area contributed by atoms with Gasteiger partial charge in [0.05, 0.1) is 0 Å². The smallest absolute Gasteiger partial charge is 0.312 e. The summed E-state index contributed by atoms with van der Waals surface area (Å²) in [5, 5.41) is 8.94. The summed E-state index contributed by atoms with van der Waals surface area (Å²) in [5.74, 6) is 0.232. The highest BCUT2D eigenvalue weighted by Crippen LogP contribution is 2.37. The zero-order chi connectivity index (χ0) is 12.0. The molecule has 0 spiro atoms. The molecule has 2 aromatic heterocycles. The van der Waals surface area contributed by atoms with Gasteiger partial charge in [0, 0.05) is 18.7 Å². The van der Waals surface area contributed by atoms with Gasteiger partial charge in [0.15, 0.2) is 17.0 Å². The number of aliphatic hydroxyl groups excluding tert-OH is 1. The lowest BCUT2D eigenvalue weighted by Crippen LogP contribution is -1.99. The molecule has 1 aliphatic rings. The maximum atomic E-state index is 13.0. The van der Waals surface area contributed by atoms with Crippen molar-refractivity contribution < 1.29 is 9.50 Å². The second-order valence-electron chi connectivity index (χ2n) is 3.99. The maximum Gasteiger partial charge on any atom is 0.312 e. The number of anilines is 1. The van der Waals surface area contributed by atoms with Crippen molar-refractivity contribution in [2.24, 2.45) is 5.92 Å². The van der Waals surface area contributed by atoms with E-state index >= 15 is 0 Å². The van der Waals surface area contributed by atoms with E-state index in [1.54, 1.807) is 10.8 Å². The van der Waals surface area contributed by atoms with Gasteiger partial charge in [0.25, 0.3) is 0 Å². The third kappa shape index (κ3) is 1.64. The molecule has 3 N–H and O–H groups in total. The van der Waals surface area contributed by atoms with Gasteiger partial charge in [-0.05, 0) is 12.0 Å². The Labute approximate surface area is 95.6 Å². The van der Waals surface area contributed by atoms with Crippen LogP contribution in [0.3, 0.4) is 0 Å². The molecule has 1 unspecified atom stereocenters. The molecule has 0 saturated heterocycles. The van der Waals surface area contributed by atoms with E-state index in [4.69, 9.17) is 10.8 Å². The van der Waals surface area contributed by atoms with Crippen LogP contribution in [0, 0.1) is 12.0 Å². The highest BCUT2D eigenvalue weighted by atomic mass is 19.1. The van der Waals surface area contributed by atoms with Gasteiger partial charge in [0.2, 0.25) is 0 Å². The molecular formula is C10H10FN5O. The van der Waals surface area contributed by atoms with Gasteiger partial charge in [-0.25, -0.2) is 4.98 Å². The van der Waals surface area contributed by atoms with Crippen LogP contribution >= 0.6 is 0 Å². The van der Waals surface area contributed by atoms with Gasteiger partial charge >= 0.3 is 6.08 Å². The van der Waals surface area contributed by atoms with Crippen molar-refractivity contribution in [3.05, 3.63) is 18.0 Å². The van der Waals surface area contributed by atoms with E-state index < -0.39 is 6.08 Å². The van der Waals surface area contributed by atoms with Crippen molar-refractivity contribution in [3.8, 4) is 0 Å². The molecular weight excluding hydrogens is 225 g/mol. The van der Waals surface area contributed by atoms with Crippen LogP contribution in [0.4, 0.5) is 10.2 Å². The van der Waals surface area contributed by atoms with Crippen molar-refractivity contribution >= 4 is 23.2 Å². The number of nitrogen functional groups attached to an aromatic ring is 1. The van der Waals surface area contributed by atoms with Crippen molar-refractivity contribution in [2.45, 2.75) is 6.42 Å². The lowest BCUT2D eigenvalue weighted by atomic mass is 10.4. The molecule has 0 bridgehead atoms. The first-order valence-electron chi connectivity index (χ1n) is 5.16. The molecule has 0 aliphatic heterocycles. The summed E-state index contributed by atoms with van der Waals surface area (Å²) in [6.07, 6.45) is 3.28. The van der Waals surface area contributed by atoms with Crippen LogP contribution in [0.1, 0.15) is 6.42 Å². The van der Waals surface area contributed by atoms with E-state index in [-0.39, 0.29) is 18.3 Å². The average Bonchev–Trinajstić information content (AvgIpc) is 2.92. The summed E-state index contributed by atoms with van der Waals surface area (Å²) in [6.45, 7) is 0.129. The van der Waals surface area contributed by atoms with Crippen molar-refractivity contribution in [2.75, 3.05) is 12.3 Å². The van der Waals surface area contributed by atoms with E-state index in [0.29, 0.717) is 11.2 Å². The van der Waals surface area contributed by atoms with E-state index in [9.17, 15) is 4.39 Å². The van der Waals surface area contributed by atoms with Gasteiger partial charge in [0.1, 0.15) is 6.33 Å². The Balaban J connectivity index is 2.09. The quantitative estimate of drug-likeness (QED) is 0.735. The number of hydrogen-bond donors (Lipinski definition) is 2. The summed E-state index contributed by atoms with van der Waals surface area (Å²) in [4.78, 5) is 11.1. The predicted molar refractivity (Wildman–Crippen MR) is 59.2 cm³/mol. The van der Waals surface area contributed by atoms with Crippen LogP contribution in [-0.2, 0) is 0 Å². The standard InChI is InChI=1S/C10H10FN5O/c11-10-14-8(12)7-9(15-10)16(4-13-7)2-5-1-6(5)3-17/h2,4,6,17H,1,3H2,(H2,12,14,15). The van der Waals surface area contributed by atoms with Crippen molar-refractivity contribution in [1.29, 1.82) is 0 Å². The molecule has 0 amide bonds.